The monoisotopic (exact) mass is 220 g/mol. The third kappa shape index (κ3) is 1.09. The van der Waals surface area contributed by atoms with Crippen molar-refractivity contribution in [1.82, 2.24) is 0 Å². The molecule has 86 valence electrons. The van der Waals surface area contributed by atoms with Gasteiger partial charge in [0.2, 0.25) is 0 Å². The van der Waals surface area contributed by atoms with Gasteiger partial charge in [-0.05, 0) is 37.0 Å². The summed E-state index contributed by atoms with van der Waals surface area (Å²) in [5, 5.41) is 0. The number of esters is 1. The number of cyclic esters (lactones) is 1. The van der Waals surface area contributed by atoms with E-state index in [1.807, 2.05) is 0 Å². The standard InChI is InChI=1S/C13H16O3/c1-8-5-13(3-4-16-12(13)14)9(2)11-7-15-6-10(8)11/h3-7H2,1-2H3/t13-/m0/s1. The second-order valence-electron chi connectivity index (χ2n) is 5.00. The van der Waals surface area contributed by atoms with Crippen molar-refractivity contribution in [2.24, 2.45) is 5.41 Å². The van der Waals surface area contributed by atoms with Gasteiger partial charge in [-0.1, -0.05) is 5.57 Å². The van der Waals surface area contributed by atoms with Crippen LogP contribution in [0.1, 0.15) is 26.7 Å². The first kappa shape index (κ1) is 10.1. The Labute approximate surface area is 95.1 Å². The van der Waals surface area contributed by atoms with Gasteiger partial charge in [0.25, 0.3) is 0 Å². The van der Waals surface area contributed by atoms with E-state index in [2.05, 4.69) is 13.8 Å². The molecule has 3 aliphatic rings. The van der Waals surface area contributed by atoms with E-state index in [1.165, 1.54) is 22.3 Å². The molecule has 1 spiro atoms. The molecule has 0 amide bonds. The Morgan fingerprint density at radius 2 is 1.94 bits per heavy atom. The molecule has 2 saturated heterocycles. The Kier molecular flexibility index (Phi) is 2.02. The number of ether oxygens (including phenoxy) is 2. The number of hydrogen-bond acceptors (Lipinski definition) is 3. The van der Waals surface area contributed by atoms with Gasteiger partial charge in [-0.3, -0.25) is 4.79 Å². The van der Waals surface area contributed by atoms with Crippen molar-refractivity contribution in [1.29, 1.82) is 0 Å². The average Bonchev–Trinajstić information content (AvgIpc) is 2.84. The van der Waals surface area contributed by atoms with E-state index in [4.69, 9.17) is 9.47 Å². The van der Waals surface area contributed by atoms with Gasteiger partial charge in [-0.25, -0.2) is 0 Å². The lowest BCUT2D eigenvalue weighted by Gasteiger charge is -2.32. The second-order valence-corrected chi connectivity index (χ2v) is 5.00. The zero-order valence-corrected chi connectivity index (χ0v) is 9.76. The number of fused-ring (bicyclic) bond motifs is 1. The summed E-state index contributed by atoms with van der Waals surface area (Å²) in [6, 6.07) is 0. The molecule has 1 atom stereocenters. The lowest BCUT2D eigenvalue weighted by atomic mass is 9.68. The Morgan fingerprint density at radius 1 is 1.19 bits per heavy atom. The normalized spacial score (nSPS) is 33.8. The molecule has 0 N–H and O–H groups in total. The van der Waals surface area contributed by atoms with Crippen LogP contribution < -0.4 is 0 Å². The number of carbonyl (C=O) groups is 1. The first-order valence-corrected chi connectivity index (χ1v) is 5.79. The van der Waals surface area contributed by atoms with Crippen molar-refractivity contribution in [3.8, 4) is 0 Å². The third-order valence-electron chi connectivity index (χ3n) is 4.26. The van der Waals surface area contributed by atoms with Crippen molar-refractivity contribution in [2.45, 2.75) is 26.7 Å². The molecule has 0 aromatic carbocycles. The minimum atomic E-state index is -0.364. The highest BCUT2D eigenvalue weighted by atomic mass is 16.5. The predicted molar refractivity (Wildman–Crippen MR) is 58.8 cm³/mol. The van der Waals surface area contributed by atoms with Crippen LogP contribution >= 0.6 is 0 Å². The summed E-state index contributed by atoms with van der Waals surface area (Å²) in [6.45, 7) is 6.12. The van der Waals surface area contributed by atoms with E-state index < -0.39 is 0 Å². The van der Waals surface area contributed by atoms with Gasteiger partial charge >= 0.3 is 5.97 Å². The molecule has 0 saturated carbocycles. The molecule has 0 aromatic heterocycles. The fraction of sp³-hybridized carbons (Fsp3) is 0.615. The Morgan fingerprint density at radius 3 is 2.62 bits per heavy atom. The maximum Gasteiger partial charge on any atom is 0.316 e. The minimum Gasteiger partial charge on any atom is -0.465 e. The van der Waals surface area contributed by atoms with Gasteiger partial charge in [-0.2, -0.15) is 0 Å². The van der Waals surface area contributed by atoms with Crippen LogP contribution in [-0.4, -0.2) is 25.8 Å². The van der Waals surface area contributed by atoms with Crippen LogP contribution in [0.25, 0.3) is 0 Å². The van der Waals surface area contributed by atoms with Crippen LogP contribution in [0.4, 0.5) is 0 Å². The van der Waals surface area contributed by atoms with Gasteiger partial charge in [-0.15, -0.1) is 0 Å². The van der Waals surface area contributed by atoms with Gasteiger partial charge in [0.05, 0.1) is 25.2 Å². The van der Waals surface area contributed by atoms with Crippen molar-refractivity contribution < 1.29 is 14.3 Å². The third-order valence-corrected chi connectivity index (χ3v) is 4.26. The van der Waals surface area contributed by atoms with Crippen LogP contribution in [-0.2, 0) is 14.3 Å². The summed E-state index contributed by atoms with van der Waals surface area (Å²) in [6.07, 6.45) is 1.64. The Balaban J connectivity index is 2.14. The Bertz CT molecular complexity index is 430. The summed E-state index contributed by atoms with van der Waals surface area (Å²) in [7, 11) is 0. The molecule has 3 heteroatoms. The highest BCUT2D eigenvalue weighted by Crippen LogP contribution is 2.50. The summed E-state index contributed by atoms with van der Waals surface area (Å²) in [5.74, 6) is -0.0391. The first-order valence-electron chi connectivity index (χ1n) is 5.79. The van der Waals surface area contributed by atoms with Gasteiger partial charge in [0.1, 0.15) is 0 Å². The fourth-order valence-corrected chi connectivity index (χ4v) is 3.18. The molecule has 3 nitrogen and oxygen atoms in total. The van der Waals surface area contributed by atoms with E-state index in [9.17, 15) is 4.79 Å². The van der Waals surface area contributed by atoms with Crippen molar-refractivity contribution in [2.75, 3.05) is 19.8 Å². The summed E-state index contributed by atoms with van der Waals surface area (Å²) >= 11 is 0. The van der Waals surface area contributed by atoms with Crippen LogP contribution in [0.15, 0.2) is 22.3 Å². The summed E-state index contributed by atoms with van der Waals surface area (Å²) < 4.78 is 10.7. The van der Waals surface area contributed by atoms with E-state index in [-0.39, 0.29) is 11.4 Å². The fourth-order valence-electron chi connectivity index (χ4n) is 3.18. The average molecular weight is 220 g/mol. The molecule has 2 aliphatic heterocycles. The Hall–Kier alpha value is -1.09. The topological polar surface area (TPSA) is 35.5 Å². The molecule has 2 heterocycles. The highest BCUT2D eigenvalue weighted by Gasteiger charge is 2.49. The first-order chi connectivity index (χ1) is 7.65. The summed E-state index contributed by atoms with van der Waals surface area (Å²) in [4.78, 5) is 12.0. The minimum absolute atomic E-state index is 0.0391. The van der Waals surface area contributed by atoms with Gasteiger partial charge in [0, 0.05) is 6.42 Å². The van der Waals surface area contributed by atoms with E-state index in [1.54, 1.807) is 0 Å². The molecule has 0 unspecified atom stereocenters. The van der Waals surface area contributed by atoms with Crippen molar-refractivity contribution in [3.63, 3.8) is 0 Å². The van der Waals surface area contributed by atoms with Crippen LogP contribution in [0.5, 0.6) is 0 Å². The lowest BCUT2D eigenvalue weighted by Crippen LogP contribution is -2.32. The molecular formula is C13H16O3. The van der Waals surface area contributed by atoms with Crippen LogP contribution in [0.3, 0.4) is 0 Å². The second kappa shape index (κ2) is 3.20. The van der Waals surface area contributed by atoms with E-state index in [0.717, 1.165) is 12.8 Å². The number of rotatable bonds is 0. The number of carbonyl (C=O) groups excluding carboxylic acids is 1. The van der Waals surface area contributed by atoms with Crippen molar-refractivity contribution in [3.05, 3.63) is 22.3 Å². The predicted octanol–water partition coefficient (Wildman–Crippen LogP) is 1.99. The SMILES string of the molecule is CC1=C2COCC2=C(C)[C@]2(CCOC2=O)C1. The maximum absolute atomic E-state index is 12.0. The summed E-state index contributed by atoms with van der Waals surface area (Å²) in [5.41, 5.74) is 4.70. The van der Waals surface area contributed by atoms with Crippen LogP contribution in [0.2, 0.25) is 0 Å². The molecule has 16 heavy (non-hydrogen) atoms. The molecule has 0 aromatic rings. The highest BCUT2D eigenvalue weighted by molar-refractivity contribution is 5.84. The van der Waals surface area contributed by atoms with E-state index >= 15 is 0 Å². The maximum atomic E-state index is 12.0. The van der Waals surface area contributed by atoms with Crippen molar-refractivity contribution >= 4 is 5.97 Å². The number of hydrogen-bond donors (Lipinski definition) is 0. The zero-order chi connectivity index (χ0) is 11.3. The molecule has 0 radical (unpaired) electrons. The number of allylic oxidation sites excluding steroid dienone is 1. The molecule has 2 fully saturated rings. The molecule has 3 rings (SSSR count). The molecule has 0 bridgehead atoms. The largest absolute Gasteiger partial charge is 0.465 e. The van der Waals surface area contributed by atoms with E-state index in [0.29, 0.717) is 19.8 Å². The molecule has 1 aliphatic carbocycles. The quantitative estimate of drug-likeness (QED) is 0.586. The zero-order valence-electron chi connectivity index (χ0n) is 9.76. The lowest BCUT2D eigenvalue weighted by molar-refractivity contribution is -0.144. The smallest absolute Gasteiger partial charge is 0.316 e. The van der Waals surface area contributed by atoms with Gasteiger partial charge < -0.3 is 9.47 Å². The van der Waals surface area contributed by atoms with Crippen LogP contribution in [0, 0.1) is 5.41 Å². The molecular weight excluding hydrogens is 204 g/mol. The van der Waals surface area contributed by atoms with Gasteiger partial charge in [0.15, 0.2) is 0 Å².